The van der Waals surface area contributed by atoms with E-state index in [0.717, 1.165) is 11.3 Å². The molecule has 3 atom stereocenters. The van der Waals surface area contributed by atoms with E-state index in [-0.39, 0.29) is 5.92 Å². The molecule has 0 radical (unpaired) electrons. The summed E-state index contributed by atoms with van der Waals surface area (Å²) >= 11 is 0. The third-order valence-electron chi connectivity index (χ3n) is 2.97. The maximum Gasteiger partial charge on any atom is 0.160 e. The minimum Gasteiger partial charge on any atom is -0.497 e. The van der Waals surface area contributed by atoms with Crippen LogP contribution in [0.2, 0.25) is 0 Å². The van der Waals surface area contributed by atoms with Crippen LogP contribution < -0.4 is 4.74 Å². The Balaban J connectivity index is 2.10. The SMILES string of the molecule is COc1ccc(C(O)C2CCOC2O)cc1. The molecule has 0 aliphatic carbocycles. The zero-order chi connectivity index (χ0) is 11.5. The number of ether oxygens (including phenoxy) is 2. The van der Waals surface area contributed by atoms with Gasteiger partial charge in [0.15, 0.2) is 6.29 Å². The molecule has 1 aromatic rings. The highest BCUT2D eigenvalue weighted by Gasteiger charge is 2.33. The topological polar surface area (TPSA) is 58.9 Å². The van der Waals surface area contributed by atoms with E-state index < -0.39 is 12.4 Å². The maximum atomic E-state index is 10.1. The van der Waals surface area contributed by atoms with Gasteiger partial charge in [0.05, 0.1) is 19.8 Å². The van der Waals surface area contributed by atoms with Crippen LogP contribution in [0, 0.1) is 5.92 Å². The maximum absolute atomic E-state index is 10.1. The molecule has 1 heterocycles. The Kier molecular flexibility index (Phi) is 3.43. The second kappa shape index (κ2) is 4.82. The lowest BCUT2D eigenvalue weighted by atomic mass is 9.94. The highest BCUT2D eigenvalue weighted by molar-refractivity contribution is 5.28. The first-order valence-corrected chi connectivity index (χ1v) is 5.34. The summed E-state index contributed by atoms with van der Waals surface area (Å²) in [5.74, 6) is 0.507. The molecule has 3 unspecified atom stereocenters. The second-order valence-corrected chi connectivity index (χ2v) is 3.93. The number of aliphatic hydroxyl groups is 2. The fraction of sp³-hybridized carbons (Fsp3) is 0.500. The van der Waals surface area contributed by atoms with E-state index >= 15 is 0 Å². The summed E-state index contributed by atoms with van der Waals surface area (Å²) < 4.78 is 10.1. The van der Waals surface area contributed by atoms with Crippen molar-refractivity contribution in [1.82, 2.24) is 0 Å². The van der Waals surface area contributed by atoms with Crippen LogP contribution >= 0.6 is 0 Å². The van der Waals surface area contributed by atoms with Crippen molar-refractivity contribution in [2.24, 2.45) is 5.92 Å². The lowest BCUT2D eigenvalue weighted by Crippen LogP contribution is -2.22. The molecule has 1 fully saturated rings. The average Bonchev–Trinajstić information content (AvgIpc) is 2.75. The van der Waals surface area contributed by atoms with Gasteiger partial charge in [0.25, 0.3) is 0 Å². The largest absolute Gasteiger partial charge is 0.497 e. The second-order valence-electron chi connectivity index (χ2n) is 3.93. The van der Waals surface area contributed by atoms with Gasteiger partial charge in [-0.2, -0.15) is 0 Å². The minimum atomic E-state index is -0.864. The fourth-order valence-corrected chi connectivity index (χ4v) is 1.95. The van der Waals surface area contributed by atoms with Crippen molar-refractivity contribution in [3.63, 3.8) is 0 Å². The number of rotatable bonds is 3. The normalized spacial score (nSPS) is 26.7. The Bertz CT molecular complexity index is 335. The van der Waals surface area contributed by atoms with Gasteiger partial charge in [-0.05, 0) is 24.1 Å². The molecular formula is C12H16O4. The Morgan fingerprint density at radius 2 is 2.06 bits per heavy atom. The molecule has 0 aromatic heterocycles. The van der Waals surface area contributed by atoms with E-state index in [2.05, 4.69) is 0 Å². The zero-order valence-corrected chi connectivity index (χ0v) is 9.17. The average molecular weight is 224 g/mol. The van der Waals surface area contributed by atoms with Crippen molar-refractivity contribution in [3.8, 4) is 5.75 Å². The summed E-state index contributed by atoms with van der Waals surface area (Å²) in [6.45, 7) is 0.499. The number of hydrogen-bond acceptors (Lipinski definition) is 4. The quantitative estimate of drug-likeness (QED) is 0.806. The summed E-state index contributed by atoms with van der Waals surface area (Å²) in [5.41, 5.74) is 0.773. The summed E-state index contributed by atoms with van der Waals surface area (Å²) in [4.78, 5) is 0. The molecule has 1 saturated heterocycles. The lowest BCUT2D eigenvalue weighted by Gasteiger charge is -2.20. The summed E-state index contributed by atoms with van der Waals surface area (Å²) in [6, 6.07) is 7.19. The van der Waals surface area contributed by atoms with Crippen molar-refractivity contribution in [2.45, 2.75) is 18.8 Å². The molecule has 2 rings (SSSR count). The predicted molar refractivity (Wildman–Crippen MR) is 58.0 cm³/mol. The van der Waals surface area contributed by atoms with Crippen LogP contribution in [0.5, 0.6) is 5.75 Å². The third kappa shape index (κ3) is 2.19. The number of hydrogen-bond donors (Lipinski definition) is 2. The Labute approximate surface area is 94.4 Å². The van der Waals surface area contributed by atoms with Crippen molar-refractivity contribution in [1.29, 1.82) is 0 Å². The zero-order valence-electron chi connectivity index (χ0n) is 9.17. The molecule has 1 aliphatic heterocycles. The van der Waals surface area contributed by atoms with Crippen molar-refractivity contribution in [2.75, 3.05) is 13.7 Å². The van der Waals surface area contributed by atoms with E-state index in [4.69, 9.17) is 9.47 Å². The smallest absolute Gasteiger partial charge is 0.160 e. The van der Waals surface area contributed by atoms with Crippen LogP contribution in [0.1, 0.15) is 18.1 Å². The van der Waals surface area contributed by atoms with E-state index in [9.17, 15) is 10.2 Å². The van der Waals surface area contributed by atoms with Gasteiger partial charge in [-0.25, -0.2) is 0 Å². The van der Waals surface area contributed by atoms with Crippen molar-refractivity contribution < 1.29 is 19.7 Å². The van der Waals surface area contributed by atoms with Gasteiger partial charge in [0, 0.05) is 5.92 Å². The number of methoxy groups -OCH3 is 1. The molecule has 1 aromatic carbocycles. The van der Waals surface area contributed by atoms with E-state index in [0.29, 0.717) is 13.0 Å². The molecule has 0 spiro atoms. The predicted octanol–water partition coefficient (Wildman–Crippen LogP) is 1.08. The first-order valence-electron chi connectivity index (χ1n) is 5.34. The van der Waals surface area contributed by atoms with Crippen molar-refractivity contribution in [3.05, 3.63) is 29.8 Å². The molecule has 4 heteroatoms. The van der Waals surface area contributed by atoms with Crippen molar-refractivity contribution >= 4 is 0 Å². The standard InChI is InChI=1S/C12H16O4/c1-15-9-4-2-8(3-5-9)11(13)10-6-7-16-12(10)14/h2-5,10-14H,6-7H2,1H3. The van der Waals surface area contributed by atoms with Crippen LogP contribution in [0.3, 0.4) is 0 Å². The highest BCUT2D eigenvalue weighted by Crippen LogP contribution is 2.32. The molecule has 2 N–H and O–H groups in total. The lowest BCUT2D eigenvalue weighted by molar-refractivity contribution is -0.106. The van der Waals surface area contributed by atoms with Crippen LogP contribution in [-0.4, -0.2) is 30.2 Å². The summed E-state index contributed by atoms with van der Waals surface area (Å²) in [7, 11) is 1.60. The first-order chi connectivity index (χ1) is 7.72. The monoisotopic (exact) mass is 224 g/mol. The van der Waals surface area contributed by atoms with E-state index in [1.165, 1.54) is 0 Å². The molecule has 0 saturated carbocycles. The van der Waals surface area contributed by atoms with Gasteiger partial charge in [0.1, 0.15) is 5.75 Å². The van der Waals surface area contributed by atoms with Gasteiger partial charge >= 0.3 is 0 Å². The molecule has 0 bridgehead atoms. The van der Waals surface area contributed by atoms with Gasteiger partial charge in [-0.15, -0.1) is 0 Å². The van der Waals surface area contributed by atoms with Gasteiger partial charge in [0.2, 0.25) is 0 Å². The Morgan fingerprint density at radius 1 is 1.38 bits per heavy atom. The third-order valence-corrected chi connectivity index (χ3v) is 2.97. The van der Waals surface area contributed by atoms with Crippen LogP contribution in [-0.2, 0) is 4.74 Å². The summed E-state index contributed by atoms with van der Waals surface area (Å²) in [5, 5.41) is 19.6. The fourth-order valence-electron chi connectivity index (χ4n) is 1.95. The molecular weight excluding hydrogens is 208 g/mol. The van der Waals surface area contributed by atoms with E-state index in [1.807, 2.05) is 0 Å². The molecule has 16 heavy (non-hydrogen) atoms. The summed E-state index contributed by atoms with van der Waals surface area (Å²) in [6.07, 6.45) is -0.880. The minimum absolute atomic E-state index is 0.242. The first kappa shape index (κ1) is 11.4. The Hall–Kier alpha value is -1.10. The van der Waals surface area contributed by atoms with Crippen LogP contribution in [0.4, 0.5) is 0 Å². The van der Waals surface area contributed by atoms with Gasteiger partial charge in [-0.1, -0.05) is 12.1 Å². The van der Waals surface area contributed by atoms with Crippen LogP contribution in [0.15, 0.2) is 24.3 Å². The highest BCUT2D eigenvalue weighted by atomic mass is 16.6. The van der Waals surface area contributed by atoms with Crippen LogP contribution in [0.25, 0.3) is 0 Å². The van der Waals surface area contributed by atoms with Gasteiger partial charge in [-0.3, -0.25) is 0 Å². The number of benzene rings is 1. The van der Waals surface area contributed by atoms with Gasteiger partial charge < -0.3 is 19.7 Å². The van der Waals surface area contributed by atoms with E-state index in [1.54, 1.807) is 31.4 Å². The molecule has 88 valence electrons. The molecule has 1 aliphatic rings. The number of aliphatic hydroxyl groups excluding tert-OH is 2. The molecule has 0 amide bonds. The molecule has 4 nitrogen and oxygen atoms in total. The Morgan fingerprint density at radius 3 is 2.56 bits per heavy atom.